The normalized spacial score (nSPS) is 10.3. The van der Waals surface area contributed by atoms with Crippen molar-refractivity contribution in [1.82, 2.24) is 4.98 Å². The molecule has 5 nitrogen and oxygen atoms in total. The molecule has 3 rings (SSSR count). The highest BCUT2D eigenvalue weighted by atomic mass is 32.1. The number of hydrogen-bond acceptors (Lipinski definition) is 5. The molecule has 0 aliphatic carbocycles. The summed E-state index contributed by atoms with van der Waals surface area (Å²) in [5.74, 6) is 0.451. The Labute approximate surface area is 137 Å². The summed E-state index contributed by atoms with van der Waals surface area (Å²) >= 11 is 1.39. The lowest BCUT2D eigenvalue weighted by Gasteiger charge is -2.02. The van der Waals surface area contributed by atoms with Gasteiger partial charge < -0.3 is 4.74 Å². The molecule has 6 heteroatoms. The highest BCUT2D eigenvalue weighted by Gasteiger charge is 2.12. The van der Waals surface area contributed by atoms with Crippen LogP contribution in [0.2, 0.25) is 0 Å². The van der Waals surface area contributed by atoms with Crippen molar-refractivity contribution < 1.29 is 9.53 Å². The maximum Gasteiger partial charge on any atom is 0.257 e. The van der Waals surface area contributed by atoms with Crippen LogP contribution in [0.5, 0.6) is 5.75 Å². The van der Waals surface area contributed by atoms with E-state index < -0.39 is 0 Å². The number of hydrogen-bond donors (Lipinski definition) is 1. The first-order valence-corrected chi connectivity index (χ1v) is 7.86. The average molecular weight is 323 g/mol. The Morgan fingerprint density at radius 1 is 1.30 bits per heavy atom. The quantitative estimate of drug-likeness (QED) is 0.792. The Hall–Kier alpha value is -2.91. The van der Waals surface area contributed by atoms with Crippen molar-refractivity contribution in [2.24, 2.45) is 0 Å². The Bertz CT molecular complexity index is 894. The predicted molar refractivity (Wildman–Crippen MR) is 89.9 cm³/mol. The third-order valence-corrected chi connectivity index (χ3v) is 4.11. The Balaban J connectivity index is 1.84. The third-order valence-electron chi connectivity index (χ3n) is 3.18. The van der Waals surface area contributed by atoms with Gasteiger partial charge in [0.1, 0.15) is 11.3 Å². The van der Waals surface area contributed by atoms with Crippen molar-refractivity contribution in [3.8, 4) is 11.8 Å². The first-order valence-electron chi connectivity index (χ1n) is 7.05. The second kappa shape index (κ2) is 6.46. The maximum absolute atomic E-state index is 12.2. The van der Waals surface area contributed by atoms with E-state index in [-0.39, 0.29) is 5.91 Å². The molecule has 0 aliphatic rings. The first kappa shape index (κ1) is 15.0. The maximum atomic E-state index is 12.2. The summed E-state index contributed by atoms with van der Waals surface area (Å²) in [6, 6.07) is 14.2. The van der Waals surface area contributed by atoms with E-state index in [4.69, 9.17) is 10.00 Å². The Kier molecular flexibility index (Phi) is 4.22. The molecule has 0 unspecified atom stereocenters. The van der Waals surface area contributed by atoms with Gasteiger partial charge in [0.25, 0.3) is 5.91 Å². The number of nitrogens with one attached hydrogen (secondary N) is 1. The molecule has 0 aliphatic heterocycles. The van der Waals surface area contributed by atoms with Crippen LogP contribution in [0.1, 0.15) is 22.8 Å². The van der Waals surface area contributed by atoms with Gasteiger partial charge in [0.2, 0.25) is 0 Å². The fourth-order valence-electron chi connectivity index (χ4n) is 2.11. The number of thiazole rings is 1. The smallest absolute Gasteiger partial charge is 0.257 e. The van der Waals surface area contributed by atoms with E-state index in [0.717, 1.165) is 10.2 Å². The zero-order valence-electron chi connectivity index (χ0n) is 12.4. The molecular formula is C17H13N3O2S. The minimum Gasteiger partial charge on any atom is -0.492 e. The molecule has 0 atom stereocenters. The number of amides is 1. The topological polar surface area (TPSA) is 75.0 Å². The molecule has 0 saturated carbocycles. The van der Waals surface area contributed by atoms with Crippen LogP contribution in [0.4, 0.5) is 5.13 Å². The van der Waals surface area contributed by atoms with E-state index in [1.54, 1.807) is 24.3 Å². The monoisotopic (exact) mass is 323 g/mol. The number of carbonyl (C=O) groups excluding carboxylic acids is 1. The first-order chi connectivity index (χ1) is 11.2. The molecule has 0 saturated heterocycles. The molecule has 0 fully saturated rings. The van der Waals surface area contributed by atoms with Crippen molar-refractivity contribution in [3.05, 3.63) is 53.6 Å². The van der Waals surface area contributed by atoms with Crippen LogP contribution in [-0.4, -0.2) is 17.5 Å². The highest BCUT2D eigenvalue weighted by Crippen LogP contribution is 2.32. The van der Waals surface area contributed by atoms with Gasteiger partial charge in [0.05, 0.1) is 22.9 Å². The summed E-state index contributed by atoms with van der Waals surface area (Å²) in [5.41, 5.74) is 1.74. The van der Waals surface area contributed by atoms with Crippen molar-refractivity contribution >= 4 is 32.6 Å². The number of benzene rings is 2. The number of nitrogens with zero attached hydrogens (tertiary/aromatic N) is 2. The van der Waals surface area contributed by atoms with Crippen molar-refractivity contribution in [2.75, 3.05) is 11.9 Å². The van der Waals surface area contributed by atoms with Gasteiger partial charge in [-0.3, -0.25) is 10.1 Å². The van der Waals surface area contributed by atoms with E-state index in [9.17, 15) is 4.79 Å². The lowest BCUT2D eigenvalue weighted by atomic mass is 10.1. The van der Waals surface area contributed by atoms with Crippen LogP contribution in [0.15, 0.2) is 42.5 Å². The van der Waals surface area contributed by atoms with Gasteiger partial charge in [-0.05, 0) is 43.3 Å². The average Bonchev–Trinajstić information content (AvgIpc) is 2.98. The van der Waals surface area contributed by atoms with Crippen molar-refractivity contribution in [3.63, 3.8) is 0 Å². The number of fused-ring (bicyclic) bond motifs is 1. The predicted octanol–water partition coefficient (Wildman–Crippen LogP) is 3.82. The van der Waals surface area contributed by atoms with Gasteiger partial charge in [-0.1, -0.05) is 17.4 Å². The molecule has 1 amide bonds. The summed E-state index contributed by atoms with van der Waals surface area (Å²) in [6.45, 7) is 2.47. The number of ether oxygens (including phenoxy) is 1. The van der Waals surface area contributed by atoms with E-state index >= 15 is 0 Å². The molecule has 1 heterocycles. The number of rotatable bonds is 4. The third kappa shape index (κ3) is 3.15. The van der Waals surface area contributed by atoms with Gasteiger partial charge in [-0.15, -0.1) is 0 Å². The zero-order valence-corrected chi connectivity index (χ0v) is 13.2. The van der Waals surface area contributed by atoms with Crippen LogP contribution in [0, 0.1) is 11.3 Å². The molecule has 114 valence electrons. The number of para-hydroxylation sites is 1. The fraction of sp³-hybridized carbons (Fsp3) is 0.118. The number of anilines is 1. The van der Waals surface area contributed by atoms with Crippen LogP contribution in [0.25, 0.3) is 10.2 Å². The summed E-state index contributed by atoms with van der Waals surface area (Å²) in [5, 5.41) is 12.1. The summed E-state index contributed by atoms with van der Waals surface area (Å²) in [6.07, 6.45) is 0. The van der Waals surface area contributed by atoms with Crippen LogP contribution < -0.4 is 10.1 Å². The molecule has 0 spiro atoms. The number of carbonyl (C=O) groups is 1. The fourth-order valence-corrected chi connectivity index (χ4v) is 2.99. The van der Waals surface area contributed by atoms with Crippen molar-refractivity contribution in [2.45, 2.75) is 6.92 Å². The van der Waals surface area contributed by atoms with Crippen molar-refractivity contribution in [1.29, 1.82) is 5.26 Å². The SMILES string of the molecule is CCOc1cccc2sc(NC(=O)c3ccc(C#N)cc3)nc12. The summed E-state index contributed by atoms with van der Waals surface area (Å²) < 4.78 is 6.50. The molecule has 1 aromatic heterocycles. The largest absolute Gasteiger partial charge is 0.492 e. The second-order valence-corrected chi connectivity index (χ2v) is 5.73. The molecule has 3 aromatic rings. The van der Waals surface area contributed by atoms with Crippen LogP contribution in [-0.2, 0) is 0 Å². The molecule has 23 heavy (non-hydrogen) atoms. The summed E-state index contributed by atoms with van der Waals surface area (Å²) in [7, 11) is 0. The van der Waals surface area contributed by atoms with Gasteiger partial charge in [0, 0.05) is 5.56 Å². The molecule has 2 aromatic carbocycles. The molecule has 0 radical (unpaired) electrons. The number of nitriles is 1. The summed E-state index contributed by atoms with van der Waals surface area (Å²) in [4.78, 5) is 16.7. The molecule has 1 N–H and O–H groups in total. The van der Waals surface area contributed by atoms with Gasteiger partial charge in [-0.2, -0.15) is 5.26 Å². The second-order valence-electron chi connectivity index (χ2n) is 4.70. The standard InChI is InChI=1S/C17H13N3O2S/c1-2-22-13-4-3-5-14-15(13)19-17(23-14)20-16(21)12-8-6-11(10-18)7-9-12/h3-9H,2H2,1H3,(H,19,20,21). The lowest BCUT2D eigenvalue weighted by molar-refractivity contribution is 0.102. The minimum atomic E-state index is -0.258. The zero-order chi connectivity index (χ0) is 16.2. The molecular weight excluding hydrogens is 310 g/mol. The van der Waals surface area contributed by atoms with E-state index in [0.29, 0.717) is 28.6 Å². The van der Waals surface area contributed by atoms with Crippen LogP contribution in [0.3, 0.4) is 0 Å². The van der Waals surface area contributed by atoms with Crippen LogP contribution >= 0.6 is 11.3 Å². The lowest BCUT2D eigenvalue weighted by Crippen LogP contribution is -2.11. The Morgan fingerprint density at radius 2 is 2.09 bits per heavy atom. The van der Waals surface area contributed by atoms with E-state index in [1.807, 2.05) is 31.2 Å². The van der Waals surface area contributed by atoms with Gasteiger partial charge in [-0.25, -0.2) is 4.98 Å². The molecule has 0 bridgehead atoms. The van der Waals surface area contributed by atoms with Gasteiger partial charge in [0.15, 0.2) is 5.13 Å². The highest BCUT2D eigenvalue weighted by molar-refractivity contribution is 7.22. The Morgan fingerprint density at radius 3 is 2.78 bits per heavy atom. The van der Waals surface area contributed by atoms with E-state index in [2.05, 4.69) is 10.3 Å². The van der Waals surface area contributed by atoms with Gasteiger partial charge >= 0.3 is 0 Å². The minimum absolute atomic E-state index is 0.258. The number of aromatic nitrogens is 1. The van der Waals surface area contributed by atoms with E-state index in [1.165, 1.54) is 11.3 Å².